The van der Waals surface area contributed by atoms with E-state index < -0.39 is 5.97 Å². The van der Waals surface area contributed by atoms with E-state index in [0.717, 1.165) is 11.1 Å². The number of amides is 1. The van der Waals surface area contributed by atoms with E-state index in [4.69, 9.17) is 0 Å². The van der Waals surface area contributed by atoms with Crippen molar-refractivity contribution in [2.75, 3.05) is 5.32 Å². The molecule has 124 valence electrons. The van der Waals surface area contributed by atoms with Gasteiger partial charge in [0.15, 0.2) is 0 Å². The standard InChI is InChI=1S/C20H16N2O3/c1-13-2-4-15(5-3-13)19(23)22-18-11-16(10-17(12-18)20(24)25)14-6-8-21-9-7-14/h2-12H,1H3,(H,22,23)(H,24,25). The van der Waals surface area contributed by atoms with Crippen molar-refractivity contribution in [1.29, 1.82) is 0 Å². The molecular weight excluding hydrogens is 316 g/mol. The van der Waals surface area contributed by atoms with Gasteiger partial charge in [0, 0.05) is 23.6 Å². The van der Waals surface area contributed by atoms with Crippen molar-refractivity contribution in [3.05, 3.63) is 83.7 Å². The largest absolute Gasteiger partial charge is 0.478 e. The van der Waals surface area contributed by atoms with Crippen molar-refractivity contribution in [2.45, 2.75) is 6.92 Å². The highest BCUT2D eigenvalue weighted by Gasteiger charge is 2.11. The van der Waals surface area contributed by atoms with Crippen molar-refractivity contribution < 1.29 is 14.7 Å². The van der Waals surface area contributed by atoms with Crippen molar-refractivity contribution in [3.8, 4) is 11.1 Å². The van der Waals surface area contributed by atoms with Gasteiger partial charge >= 0.3 is 5.97 Å². The molecule has 0 bridgehead atoms. The van der Waals surface area contributed by atoms with E-state index in [0.29, 0.717) is 16.8 Å². The minimum absolute atomic E-state index is 0.105. The topological polar surface area (TPSA) is 79.3 Å². The molecule has 3 aromatic rings. The second-order valence-corrected chi connectivity index (χ2v) is 5.66. The van der Waals surface area contributed by atoms with Crippen LogP contribution < -0.4 is 5.32 Å². The van der Waals surface area contributed by atoms with Crippen LogP contribution >= 0.6 is 0 Å². The first-order valence-corrected chi connectivity index (χ1v) is 7.70. The van der Waals surface area contributed by atoms with Crippen LogP contribution in [-0.4, -0.2) is 22.0 Å². The predicted molar refractivity (Wildman–Crippen MR) is 95.8 cm³/mol. The van der Waals surface area contributed by atoms with Gasteiger partial charge in [-0.05, 0) is 60.5 Å². The van der Waals surface area contributed by atoms with E-state index in [1.54, 1.807) is 48.8 Å². The summed E-state index contributed by atoms with van der Waals surface area (Å²) in [5.74, 6) is -1.34. The Kier molecular flexibility index (Phi) is 4.57. The summed E-state index contributed by atoms with van der Waals surface area (Å²) in [6.45, 7) is 1.94. The van der Waals surface area contributed by atoms with Crippen LogP contribution in [0, 0.1) is 6.92 Å². The normalized spacial score (nSPS) is 10.3. The first-order chi connectivity index (χ1) is 12.0. The number of aromatic nitrogens is 1. The van der Waals surface area contributed by atoms with Gasteiger partial charge in [-0.15, -0.1) is 0 Å². The minimum atomic E-state index is -1.05. The van der Waals surface area contributed by atoms with E-state index in [2.05, 4.69) is 10.3 Å². The van der Waals surface area contributed by atoms with Gasteiger partial charge in [-0.2, -0.15) is 0 Å². The van der Waals surface area contributed by atoms with Gasteiger partial charge in [-0.1, -0.05) is 17.7 Å². The van der Waals surface area contributed by atoms with Crippen LogP contribution in [0.3, 0.4) is 0 Å². The quantitative estimate of drug-likeness (QED) is 0.756. The third-order valence-corrected chi connectivity index (χ3v) is 3.77. The lowest BCUT2D eigenvalue weighted by Gasteiger charge is -2.10. The average molecular weight is 332 g/mol. The minimum Gasteiger partial charge on any atom is -0.478 e. The SMILES string of the molecule is Cc1ccc(C(=O)Nc2cc(C(=O)O)cc(-c3ccncc3)c2)cc1. The summed E-state index contributed by atoms with van der Waals surface area (Å²) >= 11 is 0. The molecule has 0 fully saturated rings. The number of carbonyl (C=O) groups excluding carboxylic acids is 1. The van der Waals surface area contributed by atoms with E-state index in [9.17, 15) is 14.7 Å². The Hall–Kier alpha value is -3.47. The number of benzene rings is 2. The molecule has 0 aliphatic heterocycles. The molecule has 0 spiro atoms. The monoisotopic (exact) mass is 332 g/mol. The molecule has 0 aliphatic rings. The predicted octanol–water partition coefficient (Wildman–Crippen LogP) is 4.01. The van der Waals surface area contributed by atoms with E-state index in [1.165, 1.54) is 6.07 Å². The Morgan fingerprint density at radius 3 is 2.20 bits per heavy atom. The fourth-order valence-corrected chi connectivity index (χ4v) is 2.44. The summed E-state index contributed by atoms with van der Waals surface area (Å²) in [7, 11) is 0. The molecule has 3 rings (SSSR count). The summed E-state index contributed by atoms with van der Waals surface area (Å²) in [6.07, 6.45) is 3.26. The van der Waals surface area contributed by atoms with Crippen LogP contribution in [0.1, 0.15) is 26.3 Å². The third kappa shape index (κ3) is 3.90. The fraction of sp³-hybridized carbons (Fsp3) is 0.0500. The number of hydrogen-bond donors (Lipinski definition) is 2. The third-order valence-electron chi connectivity index (χ3n) is 3.77. The highest BCUT2D eigenvalue weighted by molar-refractivity contribution is 6.05. The van der Waals surface area contributed by atoms with Gasteiger partial charge in [0.25, 0.3) is 5.91 Å². The number of nitrogens with one attached hydrogen (secondary N) is 1. The Morgan fingerprint density at radius 2 is 1.56 bits per heavy atom. The second-order valence-electron chi connectivity index (χ2n) is 5.66. The molecule has 0 radical (unpaired) electrons. The van der Waals surface area contributed by atoms with Crippen molar-refractivity contribution in [1.82, 2.24) is 4.98 Å². The molecule has 5 heteroatoms. The van der Waals surface area contributed by atoms with Crippen LogP contribution in [-0.2, 0) is 0 Å². The van der Waals surface area contributed by atoms with E-state index in [1.807, 2.05) is 19.1 Å². The summed E-state index contributed by atoms with van der Waals surface area (Å²) in [5, 5.41) is 12.1. The van der Waals surface area contributed by atoms with E-state index in [-0.39, 0.29) is 11.5 Å². The van der Waals surface area contributed by atoms with Crippen molar-refractivity contribution in [3.63, 3.8) is 0 Å². The number of pyridine rings is 1. The Balaban J connectivity index is 1.95. The summed E-state index contributed by atoms with van der Waals surface area (Å²) in [4.78, 5) is 27.8. The summed E-state index contributed by atoms with van der Waals surface area (Å²) in [6, 6.07) is 15.5. The number of aryl methyl sites for hydroxylation is 1. The molecule has 0 aliphatic carbocycles. The first-order valence-electron chi connectivity index (χ1n) is 7.70. The zero-order chi connectivity index (χ0) is 17.8. The molecule has 5 nitrogen and oxygen atoms in total. The van der Waals surface area contributed by atoms with Crippen LogP contribution in [0.2, 0.25) is 0 Å². The lowest BCUT2D eigenvalue weighted by Crippen LogP contribution is -2.12. The van der Waals surface area contributed by atoms with Crippen LogP contribution in [0.5, 0.6) is 0 Å². The second kappa shape index (κ2) is 6.97. The van der Waals surface area contributed by atoms with Crippen molar-refractivity contribution in [2.24, 2.45) is 0 Å². The number of carbonyl (C=O) groups is 2. The number of aromatic carboxylic acids is 1. The Labute approximate surface area is 145 Å². The van der Waals surface area contributed by atoms with Gasteiger partial charge in [-0.3, -0.25) is 9.78 Å². The molecule has 2 N–H and O–H groups in total. The van der Waals surface area contributed by atoms with Gasteiger partial charge in [0.1, 0.15) is 0 Å². The van der Waals surface area contributed by atoms with Gasteiger partial charge in [0.05, 0.1) is 5.56 Å². The zero-order valence-corrected chi connectivity index (χ0v) is 13.6. The zero-order valence-electron chi connectivity index (χ0n) is 13.6. The maximum Gasteiger partial charge on any atom is 0.335 e. The number of anilines is 1. The Bertz CT molecular complexity index is 919. The maximum atomic E-state index is 12.4. The molecule has 0 saturated heterocycles. The van der Waals surface area contributed by atoms with Crippen LogP contribution in [0.4, 0.5) is 5.69 Å². The summed E-state index contributed by atoms with van der Waals surface area (Å²) < 4.78 is 0. The van der Waals surface area contributed by atoms with Gasteiger partial charge < -0.3 is 10.4 Å². The smallest absolute Gasteiger partial charge is 0.335 e. The van der Waals surface area contributed by atoms with Gasteiger partial charge in [0.2, 0.25) is 0 Å². The number of carboxylic acid groups (broad SMARTS) is 1. The molecule has 0 unspecified atom stereocenters. The Morgan fingerprint density at radius 1 is 0.880 bits per heavy atom. The van der Waals surface area contributed by atoms with Crippen LogP contribution in [0.25, 0.3) is 11.1 Å². The van der Waals surface area contributed by atoms with Crippen LogP contribution in [0.15, 0.2) is 67.0 Å². The average Bonchev–Trinajstić information content (AvgIpc) is 2.62. The lowest BCUT2D eigenvalue weighted by atomic mass is 10.0. The molecule has 1 aromatic heterocycles. The number of hydrogen-bond acceptors (Lipinski definition) is 3. The molecule has 25 heavy (non-hydrogen) atoms. The lowest BCUT2D eigenvalue weighted by molar-refractivity contribution is 0.0696. The fourth-order valence-electron chi connectivity index (χ4n) is 2.44. The summed E-state index contributed by atoms with van der Waals surface area (Å²) in [5.41, 5.74) is 3.62. The van der Waals surface area contributed by atoms with E-state index >= 15 is 0 Å². The maximum absolute atomic E-state index is 12.4. The molecule has 2 aromatic carbocycles. The highest BCUT2D eigenvalue weighted by atomic mass is 16.4. The number of nitrogens with zero attached hydrogens (tertiary/aromatic N) is 1. The molecule has 0 saturated carbocycles. The number of rotatable bonds is 4. The highest BCUT2D eigenvalue weighted by Crippen LogP contribution is 2.25. The molecule has 1 heterocycles. The molecule has 0 atom stereocenters. The van der Waals surface area contributed by atoms with Gasteiger partial charge in [-0.25, -0.2) is 4.79 Å². The molecular formula is C20H16N2O3. The van der Waals surface area contributed by atoms with Crippen molar-refractivity contribution >= 4 is 17.6 Å². The number of carboxylic acids is 1. The molecule has 1 amide bonds. The first kappa shape index (κ1) is 16.4.